The second-order valence-electron chi connectivity index (χ2n) is 6.38. The van der Waals surface area contributed by atoms with Gasteiger partial charge in [0.25, 0.3) is 5.91 Å². The summed E-state index contributed by atoms with van der Waals surface area (Å²) in [7, 11) is 1.69. The number of piperidine rings is 1. The van der Waals surface area contributed by atoms with Gasteiger partial charge >= 0.3 is 0 Å². The molecule has 1 aromatic heterocycles. The van der Waals surface area contributed by atoms with E-state index >= 15 is 0 Å². The lowest BCUT2D eigenvalue weighted by Crippen LogP contribution is -2.47. The Morgan fingerprint density at radius 3 is 2.88 bits per heavy atom. The second kappa shape index (κ2) is 8.03. The number of carbonyl (C=O) groups is 1. The normalized spacial score (nSPS) is 16.6. The molecule has 2 aromatic rings. The van der Waals surface area contributed by atoms with Crippen molar-refractivity contribution < 1.29 is 13.9 Å². The first-order valence-corrected chi connectivity index (χ1v) is 9.20. The molecule has 0 saturated carbocycles. The number of thiazole rings is 1. The van der Waals surface area contributed by atoms with Gasteiger partial charge in [-0.1, -0.05) is 12.1 Å². The Morgan fingerprint density at radius 2 is 2.16 bits per heavy atom. The van der Waals surface area contributed by atoms with E-state index in [1.807, 2.05) is 0 Å². The van der Waals surface area contributed by atoms with Crippen molar-refractivity contribution in [2.75, 3.05) is 33.4 Å². The number of hydrogen-bond donors (Lipinski definition) is 2. The topological polar surface area (TPSA) is 63.2 Å². The van der Waals surface area contributed by atoms with Gasteiger partial charge in [-0.2, -0.15) is 0 Å². The number of halogens is 1. The lowest BCUT2D eigenvalue weighted by atomic mass is 9.79. The van der Waals surface area contributed by atoms with Gasteiger partial charge in [0.15, 0.2) is 0 Å². The van der Waals surface area contributed by atoms with Gasteiger partial charge < -0.3 is 15.4 Å². The lowest BCUT2D eigenvalue weighted by Gasteiger charge is -2.37. The Balaban J connectivity index is 1.66. The Hall–Kier alpha value is -1.83. The molecular formula is C18H22FN3O2S. The molecule has 7 heteroatoms. The predicted octanol–water partition coefficient (Wildman–Crippen LogP) is 2.70. The average Bonchev–Trinajstić information content (AvgIpc) is 3.11. The average molecular weight is 363 g/mol. The third-order valence-corrected chi connectivity index (χ3v) is 5.46. The molecule has 25 heavy (non-hydrogen) atoms. The number of aromatic nitrogens is 1. The van der Waals surface area contributed by atoms with Gasteiger partial charge in [-0.15, -0.1) is 11.3 Å². The minimum Gasteiger partial charge on any atom is -0.384 e. The van der Waals surface area contributed by atoms with Gasteiger partial charge in [0.2, 0.25) is 0 Å². The summed E-state index contributed by atoms with van der Waals surface area (Å²) in [6.45, 7) is 3.02. The molecule has 1 aliphatic heterocycles. The Morgan fingerprint density at radius 1 is 1.40 bits per heavy atom. The highest BCUT2D eigenvalue weighted by molar-refractivity contribution is 7.13. The number of rotatable bonds is 6. The predicted molar refractivity (Wildman–Crippen MR) is 96.3 cm³/mol. The van der Waals surface area contributed by atoms with E-state index in [1.54, 1.807) is 30.7 Å². The number of amides is 1. The van der Waals surface area contributed by atoms with Crippen molar-refractivity contribution in [1.82, 2.24) is 15.6 Å². The van der Waals surface area contributed by atoms with E-state index in [0.717, 1.165) is 25.9 Å². The molecule has 0 atom stereocenters. The zero-order chi connectivity index (χ0) is 17.7. The zero-order valence-electron chi connectivity index (χ0n) is 14.2. The van der Waals surface area contributed by atoms with Crippen LogP contribution in [0.2, 0.25) is 0 Å². The van der Waals surface area contributed by atoms with Gasteiger partial charge in [-0.25, -0.2) is 9.37 Å². The van der Waals surface area contributed by atoms with Gasteiger partial charge in [0, 0.05) is 30.0 Å². The highest BCUT2D eigenvalue weighted by Gasteiger charge is 2.32. The van der Waals surface area contributed by atoms with Crippen molar-refractivity contribution in [3.05, 3.63) is 41.2 Å². The number of benzene rings is 1. The summed E-state index contributed by atoms with van der Waals surface area (Å²) < 4.78 is 19.2. The molecule has 1 aliphatic rings. The van der Waals surface area contributed by atoms with Gasteiger partial charge in [-0.3, -0.25) is 4.79 Å². The first-order valence-electron chi connectivity index (χ1n) is 8.32. The Bertz CT molecular complexity index is 723. The van der Waals surface area contributed by atoms with Gasteiger partial charge in [0.1, 0.15) is 16.5 Å². The molecule has 1 amide bonds. The maximum atomic E-state index is 13.9. The third-order valence-electron chi connectivity index (χ3n) is 4.58. The number of nitrogens with zero attached hydrogens (tertiary/aromatic N) is 1. The van der Waals surface area contributed by atoms with Crippen molar-refractivity contribution in [1.29, 1.82) is 0 Å². The van der Waals surface area contributed by atoms with E-state index in [4.69, 9.17) is 4.74 Å². The van der Waals surface area contributed by atoms with Crippen LogP contribution < -0.4 is 10.6 Å². The smallest absolute Gasteiger partial charge is 0.270 e. The molecular weight excluding hydrogens is 341 g/mol. The third kappa shape index (κ3) is 4.23. The molecule has 2 heterocycles. The summed E-state index contributed by atoms with van der Waals surface area (Å²) >= 11 is 1.27. The minimum absolute atomic E-state index is 0.0416. The summed E-state index contributed by atoms with van der Waals surface area (Å²) in [5.41, 5.74) is 0.700. The van der Waals surface area contributed by atoms with Crippen LogP contribution in [0.4, 0.5) is 4.39 Å². The zero-order valence-corrected chi connectivity index (χ0v) is 15.0. The van der Waals surface area contributed by atoms with Crippen LogP contribution in [0.1, 0.15) is 23.3 Å². The van der Waals surface area contributed by atoms with Gasteiger partial charge in [-0.05, 0) is 38.1 Å². The second-order valence-corrected chi connectivity index (χ2v) is 7.24. The molecule has 1 aromatic carbocycles. The molecule has 134 valence electrons. The van der Waals surface area contributed by atoms with Crippen LogP contribution in [-0.2, 0) is 4.74 Å². The Kier molecular flexibility index (Phi) is 5.78. The number of hydrogen-bond acceptors (Lipinski definition) is 5. The van der Waals surface area contributed by atoms with Crippen LogP contribution in [0.25, 0.3) is 10.6 Å². The summed E-state index contributed by atoms with van der Waals surface area (Å²) in [6.07, 6.45) is 1.91. The minimum atomic E-state index is -0.336. The largest absolute Gasteiger partial charge is 0.384 e. The first kappa shape index (κ1) is 18.0. The van der Waals surface area contributed by atoms with Gasteiger partial charge in [0.05, 0.1) is 6.61 Å². The van der Waals surface area contributed by atoms with Crippen LogP contribution in [0.5, 0.6) is 0 Å². The van der Waals surface area contributed by atoms with E-state index in [9.17, 15) is 9.18 Å². The van der Waals surface area contributed by atoms with E-state index in [2.05, 4.69) is 15.6 Å². The van der Waals surface area contributed by atoms with E-state index < -0.39 is 0 Å². The molecule has 1 saturated heterocycles. The number of carbonyl (C=O) groups excluding carboxylic acids is 1. The number of ether oxygens (including phenoxy) is 1. The quantitative estimate of drug-likeness (QED) is 0.828. The monoisotopic (exact) mass is 363 g/mol. The lowest BCUT2D eigenvalue weighted by molar-refractivity contribution is 0.0511. The molecule has 0 radical (unpaired) electrons. The highest BCUT2D eigenvalue weighted by atomic mass is 32.1. The van der Waals surface area contributed by atoms with E-state index in [1.165, 1.54) is 17.4 Å². The standard InChI is InChI=1S/C18H22FN3O2S/c1-24-12-18(6-8-20-9-7-18)11-21-16(23)15-10-25-17(22-15)13-4-2-3-5-14(13)19/h2-5,10,20H,6-9,11-12H2,1H3,(H,21,23). The fourth-order valence-electron chi connectivity index (χ4n) is 3.13. The molecule has 0 bridgehead atoms. The molecule has 2 N–H and O–H groups in total. The number of nitrogens with one attached hydrogen (secondary N) is 2. The van der Waals surface area contributed by atoms with Crippen molar-refractivity contribution >= 4 is 17.2 Å². The Labute approximate surface area is 150 Å². The molecule has 0 unspecified atom stereocenters. The van der Waals surface area contributed by atoms with Crippen molar-refractivity contribution in [3.63, 3.8) is 0 Å². The molecule has 5 nitrogen and oxygen atoms in total. The summed E-state index contributed by atoms with van der Waals surface area (Å²) in [5.74, 6) is -0.564. The number of methoxy groups -OCH3 is 1. The van der Waals surface area contributed by atoms with E-state index in [-0.39, 0.29) is 17.1 Å². The highest BCUT2D eigenvalue weighted by Crippen LogP contribution is 2.29. The molecule has 0 aliphatic carbocycles. The van der Waals surface area contributed by atoms with Crippen molar-refractivity contribution in [2.45, 2.75) is 12.8 Å². The molecule has 1 fully saturated rings. The van der Waals surface area contributed by atoms with Crippen molar-refractivity contribution in [3.8, 4) is 10.6 Å². The van der Waals surface area contributed by atoms with Crippen LogP contribution >= 0.6 is 11.3 Å². The summed E-state index contributed by atoms with van der Waals surface area (Å²) in [6, 6.07) is 6.44. The summed E-state index contributed by atoms with van der Waals surface area (Å²) in [5, 5.41) is 8.49. The maximum Gasteiger partial charge on any atom is 0.270 e. The van der Waals surface area contributed by atoms with Crippen LogP contribution in [0, 0.1) is 11.2 Å². The fourth-order valence-corrected chi connectivity index (χ4v) is 3.96. The van der Waals surface area contributed by atoms with Crippen molar-refractivity contribution in [2.24, 2.45) is 5.41 Å². The van der Waals surface area contributed by atoms with Crippen LogP contribution in [0.3, 0.4) is 0 Å². The van der Waals surface area contributed by atoms with Crippen LogP contribution in [-0.4, -0.2) is 44.2 Å². The molecule has 0 spiro atoms. The van der Waals surface area contributed by atoms with E-state index in [0.29, 0.717) is 29.4 Å². The van der Waals surface area contributed by atoms with Crippen LogP contribution in [0.15, 0.2) is 29.6 Å². The molecule has 3 rings (SSSR count). The fraction of sp³-hybridized carbons (Fsp3) is 0.444. The summed E-state index contributed by atoms with van der Waals surface area (Å²) in [4.78, 5) is 16.7. The maximum absolute atomic E-state index is 13.9. The SMILES string of the molecule is COCC1(CNC(=O)c2csc(-c3ccccc3F)n2)CCNCC1. The first-order chi connectivity index (χ1) is 12.1.